The Bertz CT molecular complexity index is 299. The van der Waals surface area contributed by atoms with Gasteiger partial charge in [-0.25, -0.2) is 4.39 Å². The molecule has 0 spiro atoms. The van der Waals surface area contributed by atoms with Gasteiger partial charge in [-0.3, -0.25) is 0 Å². The van der Waals surface area contributed by atoms with Crippen LogP contribution in [-0.2, 0) is 0 Å². The highest BCUT2D eigenvalue weighted by Gasteiger charge is 2.21. The number of halogens is 1. The minimum absolute atomic E-state index is 0.0179. The third-order valence-electron chi connectivity index (χ3n) is 2.83. The Morgan fingerprint density at radius 3 is 2.57 bits per heavy atom. The van der Waals surface area contributed by atoms with Crippen LogP contribution in [0.15, 0.2) is 24.3 Å². The van der Waals surface area contributed by atoms with Gasteiger partial charge in [0.05, 0.1) is 6.54 Å². The number of quaternary nitrogens is 1. The molecule has 2 rings (SSSR count). The fourth-order valence-electron chi connectivity index (χ4n) is 2.03. The maximum Gasteiger partial charge on any atom is 0.123 e. The van der Waals surface area contributed by atoms with Crippen molar-refractivity contribution in [3.05, 3.63) is 40.9 Å². The number of benzene rings is 1. The summed E-state index contributed by atoms with van der Waals surface area (Å²) in [5.41, 5.74) is 0.969. The van der Waals surface area contributed by atoms with Crippen LogP contribution >= 0.6 is 0 Å². The van der Waals surface area contributed by atoms with Crippen molar-refractivity contribution in [3.63, 3.8) is 0 Å². The van der Waals surface area contributed by atoms with E-state index in [2.05, 4.69) is 0 Å². The van der Waals surface area contributed by atoms with Crippen molar-refractivity contribution in [1.29, 1.82) is 0 Å². The van der Waals surface area contributed by atoms with Gasteiger partial charge in [0.1, 0.15) is 11.9 Å². The van der Waals surface area contributed by atoms with Crippen LogP contribution in [0.5, 0.6) is 0 Å². The van der Waals surface area contributed by atoms with E-state index in [9.17, 15) is 9.60 Å². The zero-order valence-corrected chi connectivity index (χ0v) is 8.00. The lowest BCUT2D eigenvalue weighted by molar-refractivity contribution is -0.888. The van der Waals surface area contributed by atoms with E-state index in [0.29, 0.717) is 11.6 Å². The SMILES string of the molecule is [O-][NH+]1CCCCC1c1ccc(F)cc1. The number of hydrogen-bond acceptors (Lipinski definition) is 1. The molecule has 1 aromatic carbocycles. The summed E-state index contributed by atoms with van der Waals surface area (Å²) in [5, 5.41) is 11.9. The third kappa shape index (κ3) is 1.94. The van der Waals surface area contributed by atoms with E-state index >= 15 is 0 Å². The largest absolute Gasteiger partial charge is 0.634 e. The summed E-state index contributed by atoms with van der Waals surface area (Å²) in [6.07, 6.45) is 3.04. The van der Waals surface area contributed by atoms with Crippen molar-refractivity contribution in [2.24, 2.45) is 0 Å². The number of hydroxylamine groups is 2. The zero-order valence-electron chi connectivity index (χ0n) is 8.00. The lowest BCUT2D eigenvalue weighted by Gasteiger charge is -2.35. The third-order valence-corrected chi connectivity index (χ3v) is 2.83. The summed E-state index contributed by atoms with van der Waals surface area (Å²) in [6.45, 7) is 0.683. The molecule has 0 radical (unpaired) electrons. The summed E-state index contributed by atoms with van der Waals surface area (Å²) in [4.78, 5) is 0. The fourth-order valence-corrected chi connectivity index (χ4v) is 2.03. The van der Waals surface area contributed by atoms with Gasteiger partial charge in [-0.15, -0.1) is 0 Å². The summed E-state index contributed by atoms with van der Waals surface area (Å²) in [5.74, 6) is -0.239. The maximum atomic E-state index is 12.7. The molecule has 1 aliphatic rings. The first-order chi connectivity index (χ1) is 6.77. The van der Waals surface area contributed by atoms with Gasteiger partial charge in [0.25, 0.3) is 0 Å². The van der Waals surface area contributed by atoms with Gasteiger partial charge in [0.15, 0.2) is 0 Å². The summed E-state index contributed by atoms with van der Waals surface area (Å²) in [6, 6.07) is 6.32. The second-order valence-corrected chi connectivity index (χ2v) is 3.82. The van der Waals surface area contributed by atoms with Gasteiger partial charge in [0, 0.05) is 12.0 Å². The first kappa shape index (κ1) is 9.62. The second kappa shape index (κ2) is 4.07. The molecular formula is C11H14FNO. The van der Waals surface area contributed by atoms with Crippen molar-refractivity contribution in [1.82, 2.24) is 0 Å². The number of hydrogen-bond donors (Lipinski definition) is 1. The Morgan fingerprint density at radius 1 is 1.21 bits per heavy atom. The maximum absolute atomic E-state index is 12.7. The monoisotopic (exact) mass is 195 g/mol. The molecule has 1 aromatic rings. The van der Waals surface area contributed by atoms with E-state index in [-0.39, 0.29) is 11.9 Å². The van der Waals surface area contributed by atoms with E-state index in [1.54, 1.807) is 12.1 Å². The van der Waals surface area contributed by atoms with Crippen molar-refractivity contribution >= 4 is 0 Å². The molecular weight excluding hydrogens is 181 g/mol. The van der Waals surface area contributed by atoms with Crippen LogP contribution in [-0.4, -0.2) is 6.54 Å². The van der Waals surface area contributed by atoms with Crippen LogP contribution < -0.4 is 5.06 Å². The Balaban J connectivity index is 2.16. The lowest BCUT2D eigenvalue weighted by atomic mass is 9.97. The summed E-state index contributed by atoms with van der Waals surface area (Å²) < 4.78 is 12.7. The van der Waals surface area contributed by atoms with Gasteiger partial charge in [-0.05, 0) is 25.0 Å². The topological polar surface area (TPSA) is 27.5 Å². The molecule has 1 aliphatic heterocycles. The molecule has 1 saturated heterocycles. The van der Waals surface area contributed by atoms with Gasteiger partial charge < -0.3 is 10.3 Å². The van der Waals surface area contributed by atoms with Crippen LogP contribution in [0.3, 0.4) is 0 Å². The van der Waals surface area contributed by atoms with Crippen LogP contribution in [0, 0.1) is 11.0 Å². The van der Waals surface area contributed by atoms with Gasteiger partial charge in [-0.1, -0.05) is 12.1 Å². The number of nitrogens with one attached hydrogen (secondary N) is 1. The van der Waals surface area contributed by atoms with Crippen molar-refractivity contribution < 1.29 is 9.45 Å². The summed E-state index contributed by atoms with van der Waals surface area (Å²) in [7, 11) is 0. The molecule has 0 aromatic heterocycles. The predicted octanol–water partition coefficient (Wildman–Crippen LogP) is 1.43. The highest BCUT2D eigenvalue weighted by Crippen LogP contribution is 2.19. The molecule has 1 heterocycles. The summed E-state index contributed by atoms with van der Waals surface area (Å²) >= 11 is 0. The average Bonchev–Trinajstić information content (AvgIpc) is 2.20. The molecule has 2 nitrogen and oxygen atoms in total. The predicted molar refractivity (Wildman–Crippen MR) is 52.2 cm³/mol. The van der Waals surface area contributed by atoms with E-state index in [1.165, 1.54) is 12.1 Å². The van der Waals surface area contributed by atoms with Crippen LogP contribution in [0.2, 0.25) is 0 Å². The molecule has 2 atom stereocenters. The van der Waals surface area contributed by atoms with Gasteiger partial charge in [-0.2, -0.15) is 0 Å². The second-order valence-electron chi connectivity index (χ2n) is 3.82. The zero-order chi connectivity index (χ0) is 9.97. The normalized spacial score (nSPS) is 27.6. The van der Waals surface area contributed by atoms with Crippen molar-refractivity contribution in [3.8, 4) is 0 Å². The van der Waals surface area contributed by atoms with Gasteiger partial charge >= 0.3 is 0 Å². The first-order valence-electron chi connectivity index (χ1n) is 5.05. The molecule has 3 heteroatoms. The van der Waals surface area contributed by atoms with E-state index in [1.807, 2.05) is 0 Å². The van der Waals surface area contributed by atoms with Crippen LogP contribution in [0.1, 0.15) is 30.9 Å². The highest BCUT2D eigenvalue weighted by atomic mass is 19.1. The smallest absolute Gasteiger partial charge is 0.123 e. The number of piperidine rings is 1. The van der Waals surface area contributed by atoms with E-state index in [0.717, 1.165) is 24.8 Å². The molecule has 14 heavy (non-hydrogen) atoms. The van der Waals surface area contributed by atoms with E-state index in [4.69, 9.17) is 0 Å². The lowest BCUT2D eigenvalue weighted by Crippen LogP contribution is -3.08. The Morgan fingerprint density at radius 2 is 1.93 bits per heavy atom. The minimum Gasteiger partial charge on any atom is -0.634 e. The molecule has 0 bridgehead atoms. The van der Waals surface area contributed by atoms with Gasteiger partial charge in [0.2, 0.25) is 0 Å². The molecule has 1 N–H and O–H groups in total. The molecule has 1 fully saturated rings. The molecule has 0 saturated carbocycles. The molecule has 0 amide bonds. The van der Waals surface area contributed by atoms with Crippen LogP contribution in [0.25, 0.3) is 0 Å². The van der Waals surface area contributed by atoms with Crippen molar-refractivity contribution in [2.45, 2.75) is 25.3 Å². The minimum atomic E-state index is -0.239. The highest BCUT2D eigenvalue weighted by molar-refractivity contribution is 5.18. The Labute approximate surface area is 82.9 Å². The Hall–Kier alpha value is -0.930. The quantitative estimate of drug-likeness (QED) is 0.674. The Kier molecular flexibility index (Phi) is 2.79. The van der Waals surface area contributed by atoms with Crippen LogP contribution in [0.4, 0.5) is 4.39 Å². The molecule has 2 unspecified atom stereocenters. The van der Waals surface area contributed by atoms with Crippen molar-refractivity contribution in [2.75, 3.05) is 6.54 Å². The molecule has 76 valence electrons. The number of rotatable bonds is 1. The first-order valence-corrected chi connectivity index (χ1v) is 5.05. The molecule has 0 aliphatic carbocycles. The average molecular weight is 195 g/mol. The fraction of sp³-hybridized carbons (Fsp3) is 0.455. The standard InChI is InChI=1S/C11H14FNO/c12-10-6-4-9(5-7-10)11-3-1-2-8-13(11)14/h4-7,11,13H,1-3,8H2. The van der Waals surface area contributed by atoms with E-state index < -0.39 is 0 Å².